The predicted molar refractivity (Wildman–Crippen MR) is 118 cm³/mol. The molecule has 0 fully saturated rings. The Hall–Kier alpha value is -1.96. The lowest BCUT2D eigenvalue weighted by atomic mass is 10.2. The maximum atomic E-state index is 11.2. The molecule has 1 N–H and O–H groups in total. The van der Waals surface area contributed by atoms with Gasteiger partial charge in [-0.25, -0.2) is 9.97 Å². The zero-order valence-corrected chi connectivity index (χ0v) is 18.6. The van der Waals surface area contributed by atoms with Crippen molar-refractivity contribution in [3.63, 3.8) is 0 Å². The Balaban J connectivity index is 1.96. The van der Waals surface area contributed by atoms with E-state index >= 15 is 0 Å². The summed E-state index contributed by atoms with van der Waals surface area (Å²) in [5.41, 5.74) is 2.06. The minimum atomic E-state index is -0.0664. The van der Waals surface area contributed by atoms with Crippen molar-refractivity contribution in [1.29, 1.82) is 0 Å². The van der Waals surface area contributed by atoms with E-state index in [1.54, 1.807) is 23.1 Å². The molecule has 3 aromatic rings. The van der Waals surface area contributed by atoms with E-state index in [9.17, 15) is 4.79 Å². The fraction of sp³-hybridized carbons (Fsp3) is 0.381. The number of nitrogens with zero attached hydrogens (tertiary/aromatic N) is 3. The smallest absolute Gasteiger partial charge is 0.221 e. The van der Waals surface area contributed by atoms with Crippen LogP contribution in [0.25, 0.3) is 10.2 Å². The molecule has 28 heavy (non-hydrogen) atoms. The van der Waals surface area contributed by atoms with Gasteiger partial charge >= 0.3 is 0 Å². The highest BCUT2D eigenvalue weighted by molar-refractivity contribution is 7.99. The molecule has 148 valence electrons. The number of hydrogen-bond acceptors (Lipinski definition) is 6. The SMILES string of the molecule is CCN(CC)Cc1nc(Sc2ccc(NC(C)=O)cc2)c2c(C)c(C)sc2n1. The summed E-state index contributed by atoms with van der Waals surface area (Å²) in [5, 5.41) is 4.96. The molecule has 7 heteroatoms. The summed E-state index contributed by atoms with van der Waals surface area (Å²) in [5.74, 6) is 0.804. The predicted octanol–water partition coefficient (Wildman–Crippen LogP) is 5.26. The second-order valence-electron chi connectivity index (χ2n) is 6.68. The third kappa shape index (κ3) is 4.71. The molecule has 5 nitrogen and oxygen atoms in total. The second kappa shape index (κ2) is 9.03. The van der Waals surface area contributed by atoms with Crippen molar-refractivity contribution in [2.75, 3.05) is 18.4 Å². The molecule has 2 aromatic heterocycles. The zero-order chi connectivity index (χ0) is 20.3. The average molecular weight is 415 g/mol. The van der Waals surface area contributed by atoms with Crippen LogP contribution in [0.3, 0.4) is 0 Å². The number of benzene rings is 1. The van der Waals surface area contributed by atoms with Gasteiger partial charge in [-0.15, -0.1) is 11.3 Å². The Morgan fingerprint density at radius 3 is 2.43 bits per heavy atom. The minimum Gasteiger partial charge on any atom is -0.326 e. The molecule has 0 aliphatic carbocycles. The van der Waals surface area contributed by atoms with E-state index < -0.39 is 0 Å². The minimum absolute atomic E-state index is 0.0664. The quantitative estimate of drug-likeness (QED) is 0.535. The van der Waals surface area contributed by atoms with E-state index in [0.717, 1.165) is 51.3 Å². The molecule has 0 saturated heterocycles. The average Bonchev–Trinajstić information content (AvgIpc) is 2.95. The Labute approximate surface area is 174 Å². The Morgan fingerprint density at radius 1 is 1.14 bits per heavy atom. The molecule has 0 aliphatic rings. The Bertz CT molecular complexity index is 978. The lowest BCUT2D eigenvalue weighted by Gasteiger charge is -2.17. The van der Waals surface area contributed by atoms with E-state index in [0.29, 0.717) is 0 Å². The maximum Gasteiger partial charge on any atom is 0.221 e. The molecule has 0 saturated carbocycles. The summed E-state index contributed by atoms with van der Waals surface area (Å²) >= 11 is 3.39. The molecular weight excluding hydrogens is 388 g/mol. The Kier molecular flexibility index (Phi) is 6.69. The first kappa shape index (κ1) is 20.8. The highest BCUT2D eigenvalue weighted by Crippen LogP contribution is 2.38. The number of anilines is 1. The van der Waals surface area contributed by atoms with Crippen LogP contribution in [0.1, 0.15) is 37.0 Å². The van der Waals surface area contributed by atoms with E-state index in [1.807, 2.05) is 24.3 Å². The van der Waals surface area contributed by atoms with Gasteiger partial charge in [-0.2, -0.15) is 0 Å². The maximum absolute atomic E-state index is 11.2. The van der Waals surface area contributed by atoms with Crippen LogP contribution in [0.5, 0.6) is 0 Å². The fourth-order valence-corrected chi connectivity index (χ4v) is 5.08. The number of carbonyl (C=O) groups is 1. The molecule has 0 radical (unpaired) electrons. The van der Waals surface area contributed by atoms with Crippen LogP contribution in [0.4, 0.5) is 5.69 Å². The first-order valence-corrected chi connectivity index (χ1v) is 11.1. The van der Waals surface area contributed by atoms with Crippen molar-refractivity contribution in [3.05, 3.63) is 40.5 Å². The van der Waals surface area contributed by atoms with Crippen molar-refractivity contribution in [2.45, 2.75) is 51.1 Å². The van der Waals surface area contributed by atoms with Crippen LogP contribution in [-0.4, -0.2) is 33.9 Å². The molecule has 1 aromatic carbocycles. The van der Waals surface area contributed by atoms with E-state index in [4.69, 9.17) is 9.97 Å². The van der Waals surface area contributed by atoms with Gasteiger partial charge in [0.05, 0.1) is 6.54 Å². The van der Waals surface area contributed by atoms with Crippen molar-refractivity contribution in [3.8, 4) is 0 Å². The molecule has 0 bridgehead atoms. The summed E-state index contributed by atoms with van der Waals surface area (Å²) in [6, 6.07) is 7.88. The van der Waals surface area contributed by atoms with Gasteiger partial charge < -0.3 is 5.32 Å². The number of aryl methyl sites for hydroxylation is 2. The third-order valence-electron chi connectivity index (χ3n) is 4.69. The molecule has 2 heterocycles. The molecule has 0 aliphatic heterocycles. The number of thiophene rings is 1. The van der Waals surface area contributed by atoms with Gasteiger partial charge in [0, 0.05) is 27.8 Å². The number of carbonyl (C=O) groups excluding carboxylic acids is 1. The van der Waals surface area contributed by atoms with Crippen LogP contribution in [0.2, 0.25) is 0 Å². The van der Waals surface area contributed by atoms with Gasteiger partial charge in [0.25, 0.3) is 0 Å². The number of aromatic nitrogens is 2. The fourth-order valence-electron chi connectivity index (χ4n) is 2.97. The molecule has 0 spiro atoms. The summed E-state index contributed by atoms with van der Waals surface area (Å²) in [7, 11) is 0. The first-order chi connectivity index (χ1) is 13.4. The number of hydrogen-bond donors (Lipinski definition) is 1. The molecule has 3 rings (SSSR count). The van der Waals surface area contributed by atoms with E-state index in [-0.39, 0.29) is 5.91 Å². The summed E-state index contributed by atoms with van der Waals surface area (Å²) in [6.07, 6.45) is 0. The van der Waals surface area contributed by atoms with Crippen LogP contribution in [0.15, 0.2) is 34.2 Å². The van der Waals surface area contributed by atoms with Crippen LogP contribution in [0, 0.1) is 13.8 Å². The number of amides is 1. The lowest BCUT2D eigenvalue weighted by molar-refractivity contribution is -0.114. The van der Waals surface area contributed by atoms with Gasteiger partial charge in [-0.3, -0.25) is 9.69 Å². The summed E-state index contributed by atoms with van der Waals surface area (Å²) in [6.45, 7) is 12.8. The van der Waals surface area contributed by atoms with Crippen molar-refractivity contribution in [1.82, 2.24) is 14.9 Å². The molecule has 1 amide bonds. The lowest BCUT2D eigenvalue weighted by Crippen LogP contribution is -2.23. The van der Waals surface area contributed by atoms with Gasteiger partial charge in [0.1, 0.15) is 15.7 Å². The van der Waals surface area contributed by atoms with Crippen LogP contribution < -0.4 is 5.32 Å². The standard InChI is InChI=1S/C21H26N4OS2/c1-6-25(7-2)12-18-23-20-19(13(3)14(4)27-20)21(24-18)28-17-10-8-16(9-11-17)22-15(5)26/h8-11H,6-7,12H2,1-5H3,(H,22,26). The number of fused-ring (bicyclic) bond motifs is 1. The summed E-state index contributed by atoms with van der Waals surface area (Å²) in [4.78, 5) is 26.7. The highest BCUT2D eigenvalue weighted by atomic mass is 32.2. The second-order valence-corrected chi connectivity index (χ2v) is 8.94. The number of rotatable bonds is 7. The normalized spacial score (nSPS) is 11.4. The van der Waals surface area contributed by atoms with E-state index in [2.05, 4.69) is 37.9 Å². The van der Waals surface area contributed by atoms with E-state index in [1.165, 1.54) is 17.4 Å². The van der Waals surface area contributed by atoms with Crippen molar-refractivity contribution in [2.24, 2.45) is 0 Å². The molecule has 0 atom stereocenters. The van der Waals surface area contributed by atoms with Gasteiger partial charge in [0.2, 0.25) is 5.91 Å². The van der Waals surface area contributed by atoms with Crippen molar-refractivity contribution >= 4 is 44.9 Å². The molecular formula is C21H26N4OS2. The monoisotopic (exact) mass is 414 g/mol. The third-order valence-corrected chi connectivity index (χ3v) is 6.79. The molecule has 0 unspecified atom stereocenters. The van der Waals surface area contributed by atoms with Crippen LogP contribution in [-0.2, 0) is 11.3 Å². The largest absolute Gasteiger partial charge is 0.326 e. The first-order valence-electron chi connectivity index (χ1n) is 9.45. The van der Waals surface area contributed by atoms with Gasteiger partial charge in [0.15, 0.2) is 0 Å². The topological polar surface area (TPSA) is 58.1 Å². The number of nitrogens with one attached hydrogen (secondary N) is 1. The van der Waals surface area contributed by atoms with Gasteiger partial charge in [-0.1, -0.05) is 25.6 Å². The van der Waals surface area contributed by atoms with Gasteiger partial charge in [-0.05, 0) is 56.8 Å². The zero-order valence-electron chi connectivity index (χ0n) is 17.0. The Morgan fingerprint density at radius 2 is 1.82 bits per heavy atom. The van der Waals surface area contributed by atoms with Crippen molar-refractivity contribution < 1.29 is 4.79 Å². The summed E-state index contributed by atoms with van der Waals surface area (Å²) < 4.78 is 0. The highest BCUT2D eigenvalue weighted by Gasteiger charge is 2.16. The van der Waals surface area contributed by atoms with Crippen LogP contribution >= 0.6 is 23.1 Å².